The number of hydrogen-bond acceptors (Lipinski definition) is 11. The minimum atomic E-state index is -0.240. The second-order valence-electron chi connectivity index (χ2n) is 14.3. The van der Waals surface area contributed by atoms with Gasteiger partial charge >= 0.3 is 0 Å². The Morgan fingerprint density at radius 3 is 2.10 bits per heavy atom. The summed E-state index contributed by atoms with van der Waals surface area (Å²) < 4.78 is 30.3. The Morgan fingerprint density at radius 1 is 0.833 bits per heavy atom. The highest BCUT2D eigenvalue weighted by Crippen LogP contribution is 2.30. The molecule has 0 spiro atoms. The monoisotopic (exact) mass is 678 g/mol. The van der Waals surface area contributed by atoms with Crippen molar-refractivity contribution in [2.45, 2.75) is 66.5 Å². The Kier molecular flexibility index (Phi) is 17.1. The minimum absolute atomic E-state index is 0.0403. The maximum atomic E-state index is 12.9. The molecule has 48 heavy (non-hydrogen) atoms. The van der Waals surface area contributed by atoms with Gasteiger partial charge in [-0.15, -0.1) is 5.10 Å². The van der Waals surface area contributed by atoms with E-state index in [1.807, 2.05) is 13.2 Å². The Bertz CT molecular complexity index is 1130. The van der Waals surface area contributed by atoms with Gasteiger partial charge < -0.3 is 34.3 Å². The van der Waals surface area contributed by atoms with Crippen molar-refractivity contribution in [3.63, 3.8) is 0 Å². The van der Waals surface area contributed by atoms with E-state index in [9.17, 15) is 14.4 Å². The van der Waals surface area contributed by atoms with E-state index in [0.29, 0.717) is 85.7 Å². The molecule has 1 aliphatic heterocycles. The van der Waals surface area contributed by atoms with Gasteiger partial charge in [-0.1, -0.05) is 32.9 Å². The third-order valence-corrected chi connectivity index (χ3v) is 8.32. The van der Waals surface area contributed by atoms with Crippen LogP contribution in [0.2, 0.25) is 0 Å². The van der Waals surface area contributed by atoms with Crippen molar-refractivity contribution in [1.29, 1.82) is 0 Å². The molecule has 2 heterocycles. The van der Waals surface area contributed by atoms with Crippen LogP contribution in [0, 0.1) is 22.7 Å². The van der Waals surface area contributed by atoms with Crippen LogP contribution >= 0.6 is 0 Å². The van der Waals surface area contributed by atoms with Crippen molar-refractivity contribution in [2.75, 3.05) is 86.1 Å². The Labute approximate surface area is 285 Å². The molecule has 14 nitrogen and oxygen atoms in total. The first-order valence-electron chi connectivity index (χ1n) is 17.2. The third kappa shape index (κ3) is 15.2. The van der Waals surface area contributed by atoms with Crippen LogP contribution in [-0.2, 0) is 51.2 Å². The SMILES string of the molecule is CNCCOCCOCCOCCn1cc(COCC(C)(C)COCC(C)(C)CNC(=O)C2CCC(CN3C(=O)C=CC3=O)CC2)nn1. The fourth-order valence-electron chi connectivity index (χ4n) is 5.46. The number of rotatable bonds is 25. The molecule has 1 saturated carbocycles. The van der Waals surface area contributed by atoms with Gasteiger partial charge in [0.2, 0.25) is 5.91 Å². The van der Waals surface area contributed by atoms with Gasteiger partial charge in [0.15, 0.2) is 0 Å². The molecule has 0 saturated heterocycles. The number of carbonyl (C=O) groups excluding carboxylic acids is 3. The average Bonchev–Trinajstić information content (AvgIpc) is 3.63. The zero-order valence-electron chi connectivity index (χ0n) is 29.7. The summed E-state index contributed by atoms with van der Waals surface area (Å²) in [6, 6.07) is 0. The molecule has 1 aliphatic carbocycles. The molecular formula is C34H58N6O8. The molecule has 0 atom stereocenters. The summed E-state index contributed by atoms with van der Waals surface area (Å²) in [6.07, 6.45) is 7.70. The number of ether oxygens (including phenoxy) is 5. The van der Waals surface area contributed by atoms with E-state index in [4.69, 9.17) is 23.7 Å². The van der Waals surface area contributed by atoms with E-state index < -0.39 is 0 Å². The van der Waals surface area contributed by atoms with Crippen molar-refractivity contribution in [3.05, 3.63) is 24.0 Å². The van der Waals surface area contributed by atoms with Crippen LogP contribution in [0.25, 0.3) is 0 Å². The Balaban J connectivity index is 1.20. The molecule has 3 amide bonds. The number of carbonyl (C=O) groups is 3. The van der Waals surface area contributed by atoms with Gasteiger partial charge in [-0.25, -0.2) is 4.68 Å². The number of aromatic nitrogens is 3. The quantitative estimate of drug-likeness (QED) is 0.115. The highest BCUT2D eigenvalue weighted by molar-refractivity contribution is 6.12. The van der Waals surface area contributed by atoms with Crippen molar-refractivity contribution in [3.8, 4) is 0 Å². The number of nitrogens with zero attached hydrogens (tertiary/aromatic N) is 4. The zero-order chi connectivity index (χ0) is 34.8. The molecule has 3 rings (SSSR count). The average molecular weight is 679 g/mol. The summed E-state index contributed by atoms with van der Waals surface area (Å²) in [5.41, 5.74) is 0.319. The molecule has 0 aromatic carbocycles. The second-order valence-corrected chi connectivity index (χ2v) is 14.3. The minimum Gasteiger partial charge on any atom is -0.380 e. The predicted octanol–water partition coefficient (Wildman–Crippen LogP) is 1.98. The van der Waals surface area contributed by atoms with Crippen molar-refractivity contribution >= 4 is 17.7 Å². The number of hydrogen-bond donors (Lipinski definition) is 2. The number of amides is 3. The molecule has 272 valence electrons. The first-order valence-corrected chi connectivity index (χ1v) is 17.2. The fourth-order valence-corrected chi connectivity index (χ4v) is 5.46. The molecule has 1 aromatic rings. The molecule has 0 bridgehead atoms. The smallest absolute Gasteiger partial charge is 0.253 e. The topological polar surface area (TPSA) is 155 Å². The van der Waals surface area contributed by atoms with Crippen LogP contribution in [0.1, 0.15) is 59.1 Å². The van der Waals surface area contributed by atoms with Crippen molar-refractivity contribution in [2.24, 2.45) is 22.7 Å². The van der Waals surface area contributed by atoms with Crippen LogP contribution in [0.3, 0.4) is 0 Å². The third-order valence-electron chi connectivity index (χ3n) is 8.32. The molecule has 1 aromatic heterocycles. The standard InChI is InChI=1S/C34H58N6O8/c1-33(2,23-36-32(43)28-8-6-27(7-9-28)20-40-30(41)10-11-31(40)42)24-48-26-34(3,4)25-47-22-29-21-39(38-37-29)13-15-45-17-19-46-18-16-44-14-12-35-5/h10-11,21,27-28,35H,6-9,12-20,22-26H2,1-5H3,(H,36,43). The van der Waals surface area contributed by atoms with Crippen LogP contribution in [0.15, 0.2) is 18.3 Å². The molecule has 2 N–H and O–H groups in total. The fraction of sp³-hybridized carbons (Fsp3) is 0.794. The Hall–Kier alpha value is -2.75. The molecule has 2 aliphatic rings. The first-order chi connectivity index (χ1) is 23.0. The lowest BCUT2D eigenvalue weighted by atomic mass is 9.81. The van der Waals surface area contributed by atoms with Crippen LogP contribution in [0.5, 0.6) is 0 Å². The number of nitrogens with one attached hydrogen (secondary N) is 2. The summed E-state index contributed by atoms with van der Waals surface area (Å²) in [5.74, 6) is -0.204. The predicted molar refractivity (Wildman–Crippen MR) is 179 cm³/mol. The summed E-state index contributed by atoms with van der Waals surface area (Å²) in [7, 11) is 1.89. The van der Waals surface area contributed by atoms with E-state index in [1.165, 1.54) is 17.1 Å². The van der Waals surface area contributed by atoms with Gasteiger partial charge in [0.1, 0.15) is 5.69 Å². The van der Waals surface area contributed by atoms with Crippen molar-refractivity contribution < 1.29 is 38.1 Å². The van der Waals surface area contributed by atoms with Crippen LogP contribution < -0.4 is 10.6 Å². The summed E-state index contributed by atoms with van der Waals surface area (Å²) in [5, 5.41) is 14.5. The highest BCUT2D eigenvalue weighted by Gasteiger charge is 2.32. The molecule has 14 heteroatoms. The second kappa shape index (κ2) is 20.7. The van der Waals surface area contributed by atoms with Gasteiger partial charge in [-0.05, 0) is 38.6 Å². The zero-order valence-corrected chi connectivity index (χ0v) is 29.7. The maximum Gasteiger partial charge on any atom is 0.253 e. The lowest BCUT2D eigenvalue weighted by Gasteiger charge is -2.32. The number of imide groups is 1. The van der Waals surface area contributed by atoms with Gasteiger partial charge in [0.25, 0.3) is 11.8 Å². The van der Waals surface area contributed by atoms with E-state index in [-0.39, 0.29) is 40.4 Å². The summed E-state index contributed by atoms with van der Waals surface area (Å²) in [6.45, 7) is 16.0. The first kappa shape index (κ1) is 39.7. The lowest BCUT2D eigenvalue weighted by molar-refractivity contribution is -0.138. The van der Waals surface area contributed by atoms with Crippen molar-refractivity contribution in [1.82, 2.24) is 30.5 Å². The summed E-state index contributed by atoms with van der Waals surface area (Å²) in [4.78, 5) is 37.9. The van der Waals surface area contributed by atoms with Gasteiger partial charge in [0, 0.05) is 48.5 Å². The lowest BCUT2D eigenvalue weighted by Crippen LogP contribution is -2.42. The maximum absolute atomic E-state index is 12.9. The van der Waals surface area contributed by atoms with Gasteiger partial charge in [0.05, 0.1) is 78.8 Å². The van der Waals surface area contributed by atoms with Crippen LogP contribution in [0.4, 0.5) is 0 Å². The van der Waals surface area contributed by atoms with E-state index in [2.05, 4.69) is 48.6 Å². The van der Waals surface area contributed by atoms with E-state index >= 15 is 0 Å². The molecule has 1 fully saturated rings. The Morgan fingerprint density at radius 2 is 1.44 bits per heavy atom. The van der Waals surface area contributed by atoms with Gasteiger partial charge in [-0.2, -0.15) is 0 Å². The van der Waals surface area contributed by atoms with Gasteiger partial charge in [-0.3, -0.25) is 19.3 Å². The van der Waals surface area contributed by atoms with Crippen LogP contribution in [-0.4, -0.2) is 124 Å². The normalized spacial score (nSPS) is 18.6. The largest absolute Gasteiger partial charge is 0.380 e. The number of likely N-dealkylation sites (N-methyl/N-ethyl adjacent to an activating group) is 1. The molecule has 0 unspecified atom stereocenters. The molecule has 0 radical (unpaired) electrons. The molecular weight excluding hydrogens is 620 g/mol. The highest BCUT2D eigenvalue weighted by atomic mass is 16.5. The van der Waals surface area contributed by atoms with E-state index in [0.717, 1.165) is 37.9 Å². The summed E-state index contributed by atoms with van der Waals surface area (Å²) >= 11 is 0. The van der Waals surface area contributed by atoms with E-state index in [1.54, 1.807) is 4.68 Å².